The van der Waals surface area contributed by atoms with E-state index in [-0.39, 0.29) is 42.6 Å². The zero-order valence-electron chi connectivity index (χ0n) is 21.7. The Balaban J connectivity index is 1.24. The molecule has 0 spiro atoms. The topological polar surface area (TPSA) is 116 Å². The molecule has 3 aliphatic carbocycles. The number of aliphatic hydroxyl groups is 1. The molecule has 1 saturated heterocycles. The number of aliphatic hydroxyl groups excluding tert-OH is 1. The molecule has 2 bridgehead atoms. The van der Waals surface area contributed by atoms with E-state index in [1.165, 1.54) is 4.90 Å². The second-order valence-electron chi connectivity index (χ2n) is 10.6. The third-order valence-electron chi connectivity index (χ3n) is 8.52. The van der Waals surface area contributed by atoms with Crippen LogP contribution in [0.25, 0.3) is 0 Å². The van der Waals surface area contributed by atoms with Crippen molar-refractivity contribution in [3.63, 3.8) is 0 Å². The van der Waals surface area contributed by atoms with Gasteiger partial charge in [-0.05, 0) is 41.5 Å². The Bertz CT molecular complexity index is 1210. The number of imide groups is 1. The fraction of sp³-hybridized carbons (Fsp3) is 0.467. The Hall–Kier alpha value is -3.52. The molecule has 0 unspecified atom stereocenters. The second kappa shape index (κ2) is 10.7. The first-order valence-corrected chi connectivity index (χ1v) is 13.7. The molecule has 0 saturated carbocycles. The van der Waals surface area contributed by atoms with Crippen molar-refractivity contribution in [1.82, 2.24) is 15.8 Å². The van der Waals surface area contributed by atoms with Crippen LogP contribution in [0.1, 0.15) is 80.0 Å². The van der Waals surface area contributed by atoms with Crippen LogP contribution in [0.3, 0.4) is 0 Å². The number of carbonyl (C=O) groups is 4. The van der Waals surface area contributed by atoms with Crippen molar-refractivity contribution < 1.29 is 24.3 Å². The summed E-state index contributed by atoms with van der Waals surface area (Å²) in [5, 5.41) is 10.9. The minimum absolute atomic E-state index is 0.167. The quantitative estimate of drug-likeness (QED) is 0.255. The number of likely N-dealkylation sites (tertiary alicyclic amines) is 1. The van der Waals surface area contributed by atoms with Crippen molar-refractivity contribution in [3.05, 3.63) is 70.8 Å². The number of hydrogen-bond donors (Lipinski definition) is 3. The van der Waals surface area contributed by atoms with Gasteiger partial charge >= 0.3 is 0 Å². The molecule has 3 N–H and O–H groups in total. The molecule has 1 fully saturated rings. The predicted molar refractivity (Wildman–Crippen MR) is 141 cm³/mol. The number of hydrogen-bond acceptors (Lipinski definition) is 5. The zero-order valence-corrected chi connectivity index (χ0v) is 21.7. The first-order valence-electron chi connectivity index (χ1n) is 13.7. The maximum absolute atomic E-state index is 13.8. The lowest BCUT2D eigenvalue weighted by Gasteiger charge is -2.53. The van der Waals surface area contributed by atoms with Gasteiger partial charge < -0.3 is 5.11 Å². The van der Waals surface area contributed by atoms with Crippen LogP contribution in [0, 0.1) is 11.8 Å². The van der Waals surface area contributed by atoms with Crippen LogP contribution in [0.4, 0.5) is 0 Å². The van der Waals surface area contributed by atoms with E-state index in [2.05, 4.69) is 10.9 Å². The van der Waals surface area contributed by atoms with E-state index in [9.17, 15) is 24.3 Å². The fourth-order valence-corrected chi connectivity index (χ4v) is 6.81. The van der Waals surface area contributed by atoms with E-state index in [4.69, 9.17) is 0 Å². The summed E-state index contributed by atoms with van der Waals surface area (Å²) in [6, 6.07) is 15.8. The highest BCUT2D eigenvalue weighted by Crippen LogP contribution is 2.63. The summed E-state index contributed by atoms with van der Waals surface area (Å²) in [5.41, 5.74) is 7.87. The molecule has 6 rings (SSSR count). The highest BCUT2D eigenvalue weighted by molar-refractivity contribution is 6.08. The molecule has 4 aliphatic rings. The molecule has 8 nitrogen and oxygen atoms in total. The van der Waals surface area contributed by atoms with Gasteiger partial charge in [-0.3, -0.25) is 34.9 Å². The smallest absolute Gasteiger partial charge is 0.238 e. The maximum Gasteiger partial charge on any atom is 0.238 e. The van der Waals surface area contributed by atoms with Crippen molar-refractivity contribution in [3.8, 4) is 0 Å². The Labute approximate surface area is 222 Å². The molecule has 8 heteroatoms. The highest BCUT2D eigenvalue weighted by Gasteiger charge is 2.67. The van der Waals surface area contributed by atoms with Gasteiger partial charge in [0.2, 0.25) is 23.6 Å². The van der Waals surface area contributed by atoms with Crippen LogP contribution in [-0.2, 0) is 24.6 Å². The monoisotopic (exact) mass is 517 g/mol. The lowest BCUT2D eigenvalue weighted by Crippen LogP contribution is -2.55. The summed E-state index contributed by atoms with van der Waals surface area (Å²) in [6.07, 6.45) is 4.15. The van der Waals surface area contributed by atoms with Crippen LogP contribution in [0.15, 0.2) is 48.5 Å². The van der Waals surface area contributed by atoms with E-state index < -0.39 is 17.3 Å². The van der Waals surface area contributed by atoms with E-state index in [1.54, 1.807) is 0 Å². The Morgan fingerprint density at radius 3 is 2.00 bits per heavy atom. The van der Waals surface area contributed by atoms with Crippen LogP contribution in [0.2, 0.25) is 0 Å². The van der Waals surface area contributed by atoms with E-state index >= 15 is 0 Å². The van der Waals surface area contributed by atoms with Crippen LogP contribution in [-0.4, -0.2) is 46.8 Å². The number of amides is 4. The number of nitrogens with zero attached hydrogens (tertiary/aromatic N) is 1. The molecule has 4 amide bonds. The standard InChI is InChI=1S/C30H35N3O5/c1-2-3-15-23(35)31-32-24(36)16-5-4-10-17-33-28(37)26-25-19-11-6-8-13-21(19)30(18-34,27(26)29(33)38)22-14-9-7-12-20(22)25/h6-9,11-14,25-27,34H,2-5,10,15-18H2,1H3,(H,31,35)(H,32,36)/t25?,26-,27+,30?/m1/s1. The Morgan fingerprint density at radius 2 is 1.42 bits per heavy atom. The number of rotatable bonds is 10. The van der Waals surface area contributed by atoms with Crippen molar-refractivity contribution >= 4 is 23.6 Å². The van der Waals surface area contributed by atoms with Crippen molar-refractivity contribution in [2.75, 3.05) is 13.2 Å². The highest BCUT2D eigenvalue weighted by atomic mass is 16.3. The zero-order chi connectivity index (χ0) is 26.9. The molecule has 1 aliphatic heterocycles. The first kappa shape index (κ1) is 26.1. The summed E-state index contributed by atoms with van der Waals surface area (Å²) < 4.78 is 0. The fourth-order valence-electron chi connectivity index (χ4n) is 6.81. The third-order valence-corrected chi connectivity index (χ3v) is 8.52. The van der Waals surface area contributed by atoms with Gasteiger partial charge in [-0.15, -0.1) is 0 Å². The number of unbranched alkanes of at least 4 members (excludes halogenated alkanes) is 3. The van der Waals surface area contributed by atoms with E-state index in [0.717, 1.165) is 35.1 Å². The SMILES string of the molecule is CCCCC(=O)NNC(=O)CCCCCN1C(=O)[C@@H]2C3c4ccccc4C(CO)(c4ccccc43)[C@@H]2C1=O. The summed E-state index contributed by atoms with van der Waals surface area (Å²) in [7, 11) is 0. The average Bonchev–Trinajstić information content (AvgIpc) is 3.20. The van der Waals surface area contributed by atoms with Crippen molar-refractivity contribution in [2.24, 2.45) is 11.8 Å². The molecule has 2 aromatic rings. The van der Waals surface area contributed by atoms with Crippen LogP contribution < -0.4 is 10.9 Å². The van der Waals surface area contributed by atoms with Gasteiger partial charge in [0.1, 0.15) is 0 Å². The Kier molecular flexibility index (Phi) is 7.34. The molecular weight excluding hydrogens is 482 g/mol. The normalized spacial score (nSPS) is 24.6. The van der Waals surface area contributed by atoms with Gasteiger partial charge in [0.05, 0.1) is 23.9 Å². The summed E-state index contributed by atoms with van der Waals surface area (Å²) in [5.74, 6) is -2.20. The van der Waals surface area contributed by atoms with E-state index in [0.29, 0.717) is 32.2 Å². The average molecular weight is 518 g/mol. The molecule has 0 radical (unpaired) electrons. The van der Waals surface area contributed by atoms with Crippen molar-refractivity contribution in [1.29, 1.82) is 0 Å². The van der Waals surface area contributed by atoms with Crippen LogP contribution in [0.5, 0.6) is 0 Å². The largest absolute Gasteiger partial charge is 0.395 e. The molecule has 2 aromatic carbocycles. The van der Waals surface area contributed by atoms with Gasteiger partial charge in [0, 0.05) is 25.3 Å². The maximum atomic E-state index is 13.8. The number of nitrogens with one attached hydrogen (secondary N) is 2. The third kappa shape index (κ3) is 4.11. The second-order valence-corrected chi connectivity index (χ2v) is 10.6. The lowest BCUT2D eigenvalue weighted by atomic mass is 9.47. The van der Waals surface area contributed by atoms with Gasteiger partial charge in [-0.25, -0.2) is 0 Å². The van der Waals surface area contributed by atoms with Crippen LogP contribution >= 0.6 is 0 Å². The molecule has 200 valence electrons. The molecule has 0 aromatic heterocycles. The van der Waals surface area contributed by atoms with Gasteiger partial charge in [0.25, 0.3) is 0 Å². The van der Waals surface area contributed by atoms with Crippen molar-refractivity contribution in [2.45, 2.75) is 63.2 Å². The molecule has 2 atom stereocenters. The van der Waals surface area contributed by atoms with Gasteiger partial charge in [0.15, 0.2) is 0 Å². The first-order chi connectivity index (χ1) is 18.5. The predicted octanol–water partition coefficient (Wildman–Crippen LogP) is 2.92. The van der Waals surface area contributed by atoms with E-state index in [1.807, 2.05) is 55.5 Å². The lowest BCUT2D eigenvalue weighted by molar-refractivity contribution is -0.140. The number of carbonyl (C=O) groups excluding carboxylic acids is 4. The summed E-state index contributed by atoms with van der Waals surface area (Å²) in [6.45, 7) is 2.04. The molecule has 1 heterocycles. The minimum Gasteiger partial charge on any atom is -0.395 e. The number of benzene rings is 2. The van der Waals surface area contributed by atoms with Gasteiger partial charge in [-0.1, -0.05) is 68.3 Å². The minimum atomic E-state index is -0.937. The number of hydrazine groups is 1. The summed E-state index contributed by atoms with van der Waals surface area (Å²) in [4.78, 5) is 52.6. The molecule has 38 heavy (non-hydrogen) atoms. The van der Waals surface area contributed by atoms with Gasteiger partial charge in [-0.2, -0.15) is 0 Å². The Morgan fingerprint density at radius 1 is 0.842 bits per heavy atom. The summed E-state index contributed by atoms with van der Waals surface area (Å²) >= 11 is 0. The molecular formula is C30H35N3O5.